The first kappa shape index (κ1) is 22.9. The van der Waals surface area contributed by atoms with Crippen molar-refractivity contribution >= 4 is 24.8 Å². The number of allylic oxidation sites excluding steroid dienone is 1. The van der Waals surface area contributed by atoms with Gasteiger partial charge in [-0.1, -0.05) is 12.2 Å². The molecule has 2 aliphatic rings. The van der Waals surface area contributed by atoms with E-state index < -0.39 is 35.3 Å². The fourth-order valence-electron chi connectivity index (χ4n) is 3.67. The number of aldehydes is 2. The van der Waals surface area contributed by atoms with Crippen molar-refractivity contribution < 1.29 is 28.7 Å². The van der Waals surface area contributed by atoms with E-state index >= 15 is 0 Å². The van der Waals surface area contributed by atoms with Gasteiger partial charge >= 0.3 is 12.2 Å². The van der Waals surface area contributed by atoms with Crippen molar-refractivity contribution in [3.63, 3.8) is 0 Å². The molecule has 8 nitrogen and oxygen atoms in total. The third kappa shape index (κ3) is 6.58. The summed E-state index contributed by atoms with van der Waals surface area (Å²) in [6, 6.07) is -0.646. The average molecular weight is 408 g/mol. The Balaban J connectivity index is 1.88. The smallest absolute Gasteiger partial charge is 0.408 e. The van der Waals surface area contributed by atoms with E-state index in [0.717, 1.165) is 25.4 Å². The molecule has 0 saturated heterocycles. The molecule has 0 bridgehead atoms. The molecule has 0 spiro atoms. The predicted octanol–water partition coefficient (Wildman–Crippen LogP) is 2.75. The molecule has 0 heterocycles. The zero-order valence-electron chi connectivity index (χ0n) is 17.8. The van der Waals surface area contributed by atoms with Crippen molar-refractivity contribution in [3.8, 4) is 0 Å². The Morgan fingerprint density at radius 3 is 2.14 bits per heavy atom. The van der Waals surface area contributed by atoms with Gasteiger partial charge in [-0.15, -0.1) is 0 Å². The van der Waals surface area contributed by atoms with Gasteiger partial charge in [-0.05, 0) is 59.8 Å². The van der Waals surface area contributed by atoms with E-state index in [4.69, 9.17) is 9.47 Å². The summed E-state index contributed by atoms with van der Waals surface area (Å²) in [6.07, 6.45) is 6.09. The molecular formula is C21H32N2O6. The lowest BCUT2D eigenvalue weighted by molar-refractivity contribution is -0.114. The molecule has 2 N–H and O–H groups in total. The van der Waals surface area contributed by atoms with E-state index in [0.29, 0.717) is 6.42 Å². The molecule has 0 aromatic carbocycles. The van der Waals surface area contributed by atoms with Crippen molar-refractivity contribution in [1.29, 1.82) is 0 Å². The Morgan fingerprint density at radius 1 is 0.966 bits per heavy atom. The van der Waals surface area contributed by atoms with Crippen molar-refractivity contribution in [2.24, 2.45) is 17.8 Å². The number of hydrogen-bond donors (Lipinski definition) is 2. The standard InChI is InChI=1S/C21H32N2O6/c1-20(2,3)28-18(26)23-17-9-6-13(15(17)12-25)10-21(4,5)29-19(27)22-16-8-7-14(16)11-24/h6,9,11-17H,7-8,10H2,1-5H3,(H,22,27)(H,23,26). The van der Waals surface area contributed by atoms with Crippen LogP contribution in [0, 0.1) is 17.8 Å². The summed E-state index contributed by atoms with van der Waals surface area (Å²) in [5, 5.41) is 5.44. The number of amides is 2. The van der Waals surface area contributed by atoms with Gasteiger partial charge in [-0.25, -0.2) is 9.59 Å². The molecule has 8 heteroatoms. The van der Waals surface area contributed by atoms with Crippen LogP contribution in [-0.4, -0.2) is 48.0 Å². The molecule has 0 aromatic heterocycles. The van der Waals surface area contributed by atoms with E-state index in [1.807, 2.05) is 6.08 Å². The summed E-state index contributed by atoms with van der Waals surface area (Å²) < 4.78 is 10.8. The normalized spacial score (nSPS) is 28.8. The second-order valence-electron chi connectivity index (χ2n) is 9.42. The lowest BCUT2D eigenvalue weighted by Gasteiger charge is -2.35. The van der Waals surface area contributed by atoms with Crippen molar-refractivity contribution in [2.75, 3.05) is 0 Å². The highest BCUT2D eigenvalue weighted by Crippen LogP contribution is 2.33. The van der Waals surface area contributed by atoms with Crippen LogP contribution >= 0.6 is 0 Å². The number of carbonyl (C=O) groups excluding carboxylic acids is 4. The van der Waals surface area contributed by atoms with Gasteiger partial charge in [0.05, 0.1) is 6.04 Å². The largest absolute Gasteiger partial charge is 0.444 e. The number of hydrogen-bond acceptors (Lipinski definition) is 6. The number of nitrogens with one attached hydrogen (secondary N) is 2. The average Bonchev–Trinajstić information content (AvgIpc) is 2.90. The van der Waals surface area contributed by atoms with Crippen molar-refractivity contribution in [3.05, 3.63) is 12.2 Å². The molecule has 2 aliphatic carbocycles. The second-order valence-corrected chi connectivity index (χ2v) is 9.42. The molecule has 0 aromatic rings. The van der Waals surface area contributed by atoms with Gasteiger partial charge in [-0.3, -0.25) is 0 Å². The van der Waals surface area contributed by atoms with E-state index in [1.165, 1.54) is 0 Å². The molecule has 162 valence electrons. The molecule has 5 unspecified atom stereocenters. The minimum atomic E-state index is -0.832. The maximum atomic E-state index is 12.2. The number of ether oxygens (including phenoxy) is 2. The quantitative estimate of drug-likeness (QED) is 0.495. The molecular weight excluding hydrogens is 376 g/mol. The number of alkyl carbamates (subject to hydrolysis) is 2. The molecule has 2 amide bonds. The summed E-state index contributed by atoms with van der Waals surface area (Å²) in [5.41, 5.74) is -1.46. The molecule has 29 heavy (non-hydrogen) atoms. The fourth-order valence-corrected chi connectivity index (χ4v) is 3.67. The third-order valence-corrected chi connectivity index (χ3v) is 5.22. The van der Waals surface area contributed by atoms with Crippen LogP contribution in [0.25, 0.3) is 0 Å². The predicted molar refractivity (Wildman–Crippen MR) is 106 cm³/mol. The third-order valence-electron chi connectivity index (χ3n) is 5.22. The van der Waals surface area contributed by atoms with Gasteiger partial charge in [0.25, 0.3) is 0 Å². The van der Waals surface area contributed by atoms with Gasteiger partial charge in [0.1, 0.15) is 23.8 Å². The van der Waals surface area contributed by atoms with E-state index in [9.17, 15) is 19.2 Å². The van der Waals surface area contributed by atoms with Gasteiger partial charge in [0.2, 0.25) is 0 Å². The minimum absolute atomic E-state index is 0.150. The molecule has 1 fully saturated rings. The Bertz CT molecular complexity index is 667. The van der Waals surface area contributed by atoms with Crippen LogP contribution in [0.4, 0.5) is 9.59 Å². The summed E-state index contributed by atoms with van der Waals surface area (Å²) in [4.78, 5) is 46.8. The Hall–Kier alpha value is -2.38. The van der Waals surface area contributed by atoms with Crippen LogP contribution in [0.5, 0.6) is 0 Å². The molecule has 0 aliphatic heterocycles. The highest BCUT2D eigenvalue weighted by atomic mass is 16.6. The number of rotatable bonds is 7. The van der Waals surface area contributed by atoms with E-state index in [1.54, 1.807) is 40.7 Å². The molecule has 1 saturated carbocycles. The van der Waals surface area contributed by atoms with Crippen molar-refractivity contribution in [1.82, 2.24) is 10.6 Å². The maximum Gasteiger partial charge on any atom is 0.408 e. The first-order chi connectivity index (χ1) is 13.4. The Labute approximate surface area is 171 Å². The van der Waals surface area contributed by atoms with Crippen LogP contribution in [0.1, 0.15) is 53.9 Å². The van der Waals surface area contributed by atoms with Gasteiger partial charge in [-0.2, -0.15) is 0 Å². The topological polar surface area (TPSA) is 111 Å². The fraction of sp³-hybridized carbons (Fsp3) is 0.714. The van der Waals surface area contributed by atoms with E-state index in [2.05, 4.69) is 10.6 Å². The van der Waals surface area contributed by atoms with Gasteiger partial charge in [0.15, 0.2) is 0 Å². The van der Waals surface area contributed by atoms with Crippen LogP contribution in [0.2, 0.25) is 0 Å². The number of carbonyl (C=O) groups is 4. The minimum Gasteiger partial charge on any atom is -0.444 e. The Kier molecular flexibility index (Phi) is 7.08. The first-order valence-electron chi connectivity index (χ1n) is 10.0. The Morgan fingerprint density at radius 2 is 1.62 bits per heavy atom. The maximum absolute atomic E-state index is 12.2. The second kappa shape index (κ2) is 8.97. The lowest BCUT2D eigenvalue weighted by atomic mass is 9.81. The zero-order chi connectivity index (χ0) is 21.8. The molecule has 2 rings (SSSR count). The lowest BCUT2D eigenvalue weighted by Crippen LogP contribution is -2.49. The first-order valence-corrected chi connectivity index (χ1v) is 10.0. The monoisotopic (exact) mass is 408 g/mol. The SMILES string of the molecule is CC(C)(C)OC(=O)NC1C=CC(CC(C)(C)OC(=O)NC2CCC2C=O)C1C=O. The van der Waals surface area contributed by atoms with Crippen LogP contribution < -0.4 is 10.6 Å². The highest BCUT2D eigenvalue weighted by molar-refractivity contribution is 5.71. The van der Waals surface area contributed by atoms with Crippen molar-refractivity contribution in [2.45, 2.75) is 77.2 Å². The van der Waals surface area contributed by atoms with Gasteiger partial charge < -0.3 is 29.7 Å². The van der Waals surface area contributed by atoms with Crippen LogP contribution in [-0.2, 0) is 19.1 Å². The van der Waals surface area contributed by atoms with Crippen LogP contribution in [0.15, 0.2) is 12.2 Å². The highest BCUT2D eigenvalue weighted by Gasteiger charge is 2.39. The summed E-state index contributed by atoms with van der Waals surface area (Å²) in [7, 11) is 0. The summed E-state index contributed by atoms with van der Waals surface area (Å²) >= 11 is 0. The molecule has 5 atom stereocenters. The summed E-state index contributed by atoms with van der Waals surface area (Å²) in [5.74, 6) is -0.816. The van der Waals surface area contributed by atoms with E-state index in [-0.39, 0.29) is 17.9 Å². The van der Waals surface area contributed by atoms with Gasteiger partial charge in [0, 0.05) is 17.9 Å². The molecule has 0 radical (unpaired) electrons. The zero-order valence-corrected chi connectivity index (χ0v) is 17.8. The van der Waals surface area contributed by atoms with Crippen LogP contribution in [0.3, 0.4) is 0 Å². The summed E-state index contributed by atoms with van der Waals surface area (Å²) in [6.45, 7) is 8.85.